The van der Waals surface area contributed by atoms with Crippen LogP contribution in [0.2, 0.25) is 0 Å². The largest absolute Gasteiger partial charge is 0.371 e. The molecule has 3 nitrogen and oxygen atoms in total. The van der Waals surface area contributed by atoms with E-state index in [9.17, 15) is 0 Å². The van der Waals surface area contributed by atoms with Crippen LogP contribution in [0, 0.1) is 6.92 Å². The quantitative estimate of drug-likeness (QED) is 0.514. The Balaban J connectivity index is 2.00. The molecule has 0 aromatic heterocycles. The van der Waals surface area contributed by atoms with Crippen molar-refractivity contribution in [2.75, 3.05) is 32.1 Å². The van der Waals surface area contributed by atoms with Gasteiger partial charge in [-0.15, -0.1) is 11.3 Å². The van der Waals surface area contributed by atoms with Gasteiger partial charge in [-0.1, -0.05) is 6.92 Å². The first kappa shape index (κ1) is 16.5. The van der Waals surface area contributed by atoms with E-state index in [0.717, 1.165) is 11.9 Å². The Labute approximate surface area is 153 Å². The molecule has 0 unspecified atom stereocenters. The molecule has 0 saturated carbocycles. The monoisotopic (exact) mass is 352 g/mol. The van der Waals surface area contributed by atoms with E-state index in [0.29, 0.717) is 0 Å². The van der Waals surface area contributed by atoms with Crippen LogP contribution < -0.4 is 14.8 Å². The maximum Gasteiger partial charge on any atom is 0.201 e. The summed E-state index contributed by atoms with van der Waals surface area (Å²) in [5.41, 5.74) is 6.31. The topological polar surface area (TPSA) is 19.1 Å². The zero-order valence-electron chi connectivity index (χ0n) is 15.6. The van der Waals surface area contributed by atoms with Crippen molar-refractivity contribution in [2.45, 2.75) is 33.1 Å². The smallest absolute Gasteiger partial charge is 0.201 e. The molecule has 1 saturated heterocycles. The number of fused-ring (bicyclic) bond motifs is 2. The van der Waals surface area contributed by atoms with Gasteiger partial charge in [-0.2, -0.15) is 0 Å². The van der Waals surface area contributed by atoms with Gasteiger partial charge in [-0.25, -0.2) is 9.56 Å². The molecule has 0 atom stereocenters. The standard InChI is InChI=1S/C21H26N3S/c1-5-15-11-16(23(3)4)12-19-21(15)22-20-14(2)10-17(13-18(20)25-19)24-8-6-7-9-24/h10-13H,5-9H2,1-4H3/q+1. The van der Waals surface area contributed by atoms with Crippen LogP contribution in [0.1, 0.15) is 30.9 Å². The van der Waals surface area contributed by atoms with E-state index < -0.39 is 0 Å². The first-order chi connectivity index (χ1) is 12.1. The summed E-state index contributed by atoms with van der Waals surface area (Å²) >= 11 is 1.88. The third-order valence-corrected chi connectivity index (χ3v) is 6.26. The van der Waals surface area contributed by atoms with E-state index in [1.165, 1.54) is 63.4 Å². The fourth-order valence-corrected chi connectivity index (χ4v) is 4.89. The van der Waals surface area contributed by atoms with Crippen LogP contribution in [0.25, 0.3) is 20.8 Å². The number of aromatic nitrogens is 1. The molecular formula is C21H26N3S+. The van der Waals surface area contributed by atoms with E-state index in [2.05, 4.69) is 61.7 Å². The minimum absolute atomic E-state index is 1.01. The van der Waals surface area contributed by atoms with E-state index in [4.69, 9.17) is 4.98 Å². The van der Waals surface area contributed by atoms with Crippen molar-refractivity contribution in [3.05, 3.63) is 40.7 Å². The maximum atomic E-state index is 5.09. The van der Waals surface area contributed by atoms with Crippen molar-refractivity contribution in [1.29, 1.82) is 0 Å². The summed E-state index contributed by atoms with van der Waals surface area (Å²) in [6.45, 7) is 6.78. The molecule has 1 aromatic rings. The zero-order valence-corrected chi connectivity index (χ0v) is 16.4. The van der Waals surface area contributed by atoms with Gasteiger partial charge in [-0.05, 0) is 49.4 Å². The predicted molar refractivity (Wildman–Crippen MR) is 109 cm³/mol. The third kappa shape index (κ3) is 2.93. The molecule has 25 heavy (non-hydrogen) atoms. The van der Waals surface area contributed by atoms with Gasteiger partial charge in [0.05, 0.1) is 20.8 Å². The minimum Gasteiger partial charge on any atom is -0.371 e. The highest BCUT2D eigenvalue weighted by Crippen LogP contribution is 2.36. The lowest BCUT2D eigenvalue weighted by atomic mass is 10.1. The van der Waals surface area contributed by atoms with Crippen LogP contribution in [0.5, 0.6) is 0 Å². The molecular weight excluding hydrogens is 326 g/mol. The van der Waals surface area contributed by atoms with Gasteiger partial charge >= 0.3 is 0 Å². The molecule has 0 N–H and O–H groups in total. The molecule has 1 fully saturated rings. The molecule has 0 radical (unpaired) electrons. The van der Waals surface area contributed by atoms with E-state index in [-0.39, 0.29) is 0 Å². The average Bonchev–Trinajstić information content (AvgIpc) is 3.13. The molecule has 1 aromatic carbocycles. The molecule has 0 amide bonds. The first-order valence-corrected chi connectivity index (χ1v) is 10.0. The lowest BCUT2D eigenvalue weighted by molar-refractivity contribution is 0.811. The Kier molecular flexibility index (Phi) is 4.24. The summed E-state index contributed by atoms with van der Waals surface area (Å²) in [6, 6.07) is 9.23. The van der Waals surface area contributed by atoms with Gasteiger partial charge in [0.1, 0.15) is 14.1 Å². The molecule has 2 heterocycles. The highest BCUT2D eigenvalue weighted by atomic mass is 32.1. The Morgan fingerprint density at radius 2 is 1.88 bits per heavy atom. The minimum atomic E-state index is 1.01. The zero-order chi connectivity index (χ0) is 17.6. The normalized spacial score (nSPS) is 14.6. The van der Waals surface area contributed by atoms with Crippen LogP contribution in [-0.2, 0) is 6.42 Å². The van der Waals surface area contributed by atoms with Crippen molar-refractivity contribution in [3.63, 3.8) is 0 Å². The van der Waals surface area contributed by atoms with Crippen LogP contribution in [0.4, 0.5) is 5.69 Å². The molecule has 0 bridgehead atoms. The highest BCUT2D eigenvalue weighted by Gasteiger charge is 2.18. The second kappa shape index (κ2) is 6.41. The molecule has 1 aliphatic carbocycles. The molecule has 3 aliphatic rings. The van der Waals surface area contributed by atoms with Crippen molar-refractivity contribution in [1.82, 2.24) is 9.56 Å². The van der Waals surface area contributed by atoms with Crippen LogP contribution in [0.15, 0.2) is 24.3 Å². The van der Waals surface area contributed by atoms with Gasteiger partial charge in [0.2, 0.25) is 5.36 Å². The van der Waals surface area contributed by atoms with Crippen LogP contribution in [-0.4, -0.2) is 32.2 Å². The highest BCUT2D eigenvalue weighted by molar-refractivity contribution is 7.21. The molecule has 4 heteroatoms. The lowest BCUT2D eigenvalue weighted by Gasteiger charge is -2.19. The van der Waals surface area contributed by atoms with Crippen molar-refractivity contribution in [3.8, 4) is 10.6 Å². The van der Waals surface area contributed by atoms with Gasteiger partial charge < -0.3 is 4.90 Å². The fraction of sp³-hybridized carbons (Fsp3) is 0.429. The summed E-state index contributed by atoms with van der Waals surface area (Å²) in [4.78, 5) is 8.89. The lowest BCUT2D eigenvalue weighted by Crippen LogP contribution is -2.22. The second-order valence-corrected chi connectivity index (χ2v) is 8.30. The average molecular weight is 353 g/mol. The number of nitrogens with zero attached hydrogens (tertiary/aromatic N) is 3. The van der Waals surface area contributed by atoms with Crippen LogP contribution >= 0.6 is 11.3 Å². The Morgan fingerprint density at radius 3 is 2.56 bits per heavy atom. The summed E-state index contributed by atoms with van der Waals surface area (Å²) in [6.07, 6.45) is 3.62. The molecule has 4 rings (SSSR count). The second-order valence-electron chi connectivity index (χ2n) is 7.22. The fourth-order valence-electron chi connectivity index (χ4n) is 3.72. The number of hydrogen-bond donors (Lipinski definition) is 0. The summed E-state index contributed by atoms with van der Waals surface area (Å²) in [5.74, 6) is 0. The van der Waals surface area contributed by atoms with Gasteiger partial charge in [0, 0.05) is 30.9 Å². The predicted octanol–water partition coefficient (Wildman–Crippen LogP) is 3.90. The number of hydrogen-bond acceptors (Lipinski definition) is 3. The number of benzene rings is 2. The number of rotatable bonds is 2. The molecule has 130 valence electrons. The summed E-state index contributed by atoms with van der Waals surface area (Å²) in [7, 11) is 4.21. The summed E-state index contributed by atoms with van der Waals surface area (Å²) in [5, 5.41) is 1.26. The number of anilines is 1. The van der Waals surface area contributed by atoms with E-state index in [1.807, 2.05) is 11.3 Å². The van der Waals surface area contributed by atoms with Crippen LogP contribution in [0.3, 0.4) is 0 Å². The number of aryl methyl sites for hydroxylation is 2. The Morgan fingerprint density at radius 1 is 1.12 bits per heavy atom. The Hall–Kier alpha value is -1.94. The van der Waals surface area contributed by atoms with Gasteiger partial charge in [-0.3, -0.25) is 0 Å². The van der Waals surface area contributed by atoms with Crippen molar-refractivity contribution < 1.29 is 0 Å². The third-order valence-electron chi connectivity index (χ3n) is 5.20. The van der Waals surface area contributed by atoms with E-state index >= 15 is 0 Å². The van der Waals surface area contributed by atoms with Gasteiger partial charge in [0.25, 0.3) is 0 Å². The molecule has 0 spiro atoms. The van der Waals surface area contributed by atoms with Crippen molar-refractivity contribution in [2.24, 2.45) is 0 Å². The Bertz CT molecular complexity index is 976. The van der Waals surface area contributed by atoms with Crippen molar-refractivity contribution >= 4 is 27.2 Å². The summed E-state index contributed by atoms with van der Waals surface area (Å²) < 4.78 is 3.48. The first-order valence-electron chi connectivity index (χ1n) is 9.20. The van der Waals surface area contributed by atoms with Gasteiger partial charge in [0.15, 0.2) is 0 Å². The maximum absolute atomic E-state index is 5.09. The molecule has 2 aliphatic heterocycles. The SMILES string of the molecule is CCc1cc(=[N+](C)C)cc2sc3cc(N4CCCC4)cc(C)c3nc1-2. The van der Waals surface area contributed by atoms with E-state index in [1.54, 1.807) is 0 Å².